The van der Waals surface area contributed by atoms with Gasteiger partial charge in [-0.1, -0.05) is 23.7 Å². The highest BCUT2D eigenvalue weighted by Gasteiger charge is 2.19. The number of rotatable bonds is 4. The molecule has 92 valence electrons. The maximum absolute atomic E-state index is 11.9. The number of hydrogen-bond donors (Lipinski definition) is 0. The van der Waals surface area contributed by atoms with Gasteiger partial charge in [0.05, 0.1) is 0 Å². The second-order valence-electron chi connectivity index (χ2n) is 4.74. The predicted octanol–water partition coefficient (Wildman–Crippen LogP) is 3.19. The van der Waals surface area contributed by atoms with Crippen molar-refractivity contribution in [1.82, 2.24) is 0 Å². The van der Waals surface area contributed by atoms with Crippen LogP contribution in [0.3, 0.4) is 0 Å². The molecular weight excluding hydrogens is 236 g/mol. The van der Waals surface area contributed by atoms with E-state index in [1.54, 1.807) is 0 Å². The van der Waals surface area contributed by atoms with E-state index in [2.05, 4.69) is 0 Å². The summed E-state index contributed by atoms with van der Waals surface area (Å²) in [6, 6.07) is 5.84. The van der Waals surface area contributed by atoms with Gasteiger partial charge in [0.25, 0.3) is 0 Å². The first kappa shape index (κ1) is 12.6. The molecule has 1 aromatic carbocycles. The summed E-state index contributed by atoms with van der Waals surface area (Å²) in [7, 11) is 0. The molecule has 17 heavy (non-hydrogen) atoms. The molecule has 1 heterocycles. The van der Waals surface area contributed by atoms with Gasteiger partial charge in [0, 0.05) is 31.1 Å². The van der Waals surface area contributed by atoms with Crippen molar-refractivity contribution in [3.8, 4) is 0 Å². The van der Waals surface area contributed by atoms with E-state index < -0.39 is 0 Å². The summed E-state index contributed by atoms with van der Waals surface area (Å²) in [6.07, 6.45) is 2.06. The third-order valence-corrected chi connectivity index (χ3v) is 3.49. The fourth-order valence-electron chi connectivity index (χ4n) is 2.15. The van der Waals surface area contributed by atoms with Gasteiger partial charge >= 0.3 is 0 Å². The summed E-state index contributed by atoms with van der Waals surface area (Å²) in [5, 5.41) is 0.695. The highest BCUT2D eigenvalue weighted by Crippen LogP contribution is 2.21. The van der Waals surface area contributed by atoms with Crippen LogP contribution < -0.4 is 0 Å². The summed E-state index contributed by atoms with van der Waals surface area (Å²) in [4.78, 5) is 11.9. The van der Waals surface area contributed by atoms with E-state index in [1.165, 1.54) is 0 Å². The SMILES string of the molecule is Cc1ccc(CC(=O)CC2CCOC2)c(Cl)c1. The molecular formula is C14H17ClO2. The second kappa shape index (κ2) is 5.65. The summed E-state index contributed by atoms with van der Waals surface area (Å²) in [6.45, 7) is 3.52. The number of ether oxygens (including phenoxy) is 1. The Morgan fingerprint density at radius 2 is 2.35 bits per heavy atom. The van der Waals surface area contributed by atoms with Gasteiger partial charge in [-0.15, -0.1) is 0 Å². The van der Waals surface area contributed by atoms with Gasteiger partial charge in [0.1, 0.15) is 5.78 Å². The van der Waals surface area contributed by atoms with Crippen LogP contribution in [-0.2, 0) is 16.0 Å². The van der Waals surface area contributed by atoms with Crippen LogP contribution in [0.2, 0.25) is 5.02 Å². The fourth-order valence-corrected chi connectivity index (χ4v) is 2.45. The Labute approximate surface area is 107 Å². The van der Waals surface area contributed by atoms with Crippen molar-refractivity contribution in [3.63, 3.8) is 0 Å². The first-order valence-electron chi connectivity index (χ1n) is 5.99. The highest BCUT2D eigenvalue weighted by molar-refractivity contribution is 6.31. The fraction of sp³-hybridized carbons (Fsp3) is 0.500. The molecule has 1 saturated heterocycles. The number of carbonyl (C=O) groups excluding carboxylic acids is 1. The average molecular weight is 253 g/mol. The molecule has 0 bridgehead atoms. The molecule has 0 aliphatic carbocycles. The molecule has 1 atom stereocenters. The molecule has 1 fully saturated rings. The zero-order valence-corrected chi connectivity index (χ0v) is 10.8. The number of halogens is 1. The van der Waals surface area contributed by atoms with Crippen molar-refractivity contribution in [2.75, 3.05) is 13.2 Å². The molecule has 2 nitrogen and oxygen atoms in total. The van der Waals surface area contributed by atoms with E-state index in [0.29, 0.717) is 23.8 Å². The van der Waals surface area contributed by atoms with Crippen LogP contribution in [-0.4, -0.2) is 19.0 Å². The zero-order chi connectivity index (χ0) is 12.3. The minimum absolute atomic E-state index is 0.256. The van der Waals surface area contributed by atoms with E-state index in [0.717, 1.165) is 30.8 Å². The van der Waals surface area contributed by atoms with E-state index >= 15 is 0 Å². The Morgan fingerprint density at radius 1 is 1.53 bits per heavy atom. The number of aryl methyl sites for hydroxylation is 1. The molecule has 0 aromatic heterocycles. The molecule has 1 aliphatic rings. The lowest BCUT2D eigenvalue weighted by Crippen LogP contribution is -2.11. The summed E-state index contributed by atoms with van der Waals surface area (Å²) in [5.41, 5.74) is 2.05. The molecule has 0 radical (unpaired) electrons. The van der Waals surface area contributed by atoms with E-state index in [9.17, 15) is 4.79 Å². The number of Topliss-reactive ketones (excluding diaryl/α,β-unsaturated/α-hetero) is 1. The third kappa shape index (κ3) is 3.55. The maximum Gasteiger partial charge on any atom is 0.137 e. The van der Waals surface area contributed by atoms with Gasteiger partial charge < -0.3 is 4.74 Å². The highest BCUT2D eigenvalue weighted by atomic mass is 35.5. The van der Waals surface area contributed by atoms with E-state index in [1.807, 2.05) is 25.1 Å². The summed E-state index contributed by atoms with van der Waals surface area (Å²) < 4.78 is 5.27. The van der Waals surface area contributed by atoms with Crippen molar-refractivity contribution in [3.05, 3.63) is 34.3 Å². The summed E-state index contributed by atoms with van der Waals surface area (Å²) >= 11 is 6.11. The Bertz CT molecular complexity index is 409. The van der Waals surface area contributed by atoms with Crippen LogP contribution >= 0.6 is 11.6 Å². The average Bonchev–Trinajstić information content (AvgIpc) is 2.75. The van der Waals surface area contributed by atoms with Crippen LogP contribution in [0.25, 0.3) is 0 Å². The maximum atomic E-state index is 11.9. The topological polar surface area (TPSA) is 26.3 Å². The molecule has 3 heteroatoms. The molecule has 0 saturated carbocycles. The normalized spacial score (nSPS) is 19.5. The van der Waals surface area contributed by atoms with Gasteiger partial charge in [-0.2, -0.15) is 0 Å². The van der Waals surface area contributed by atoms with Crippen molar-refractivity contribution in [2.24, 2.45) is 5.92 Å². The van der Waals surface area contributed by atoms with Gasteiger partial charge in [-0.3, -0.25) is 4.79 Å². The van der Waals surface area contributed by atoms with Crippen LogP contribution in [0, 0.1) is 12.8 Å². The largest absolute Gasteiger partial charge is 0.381 e. The number of benzene rings is 1. The van der Waals surface area contributed by atoms with Crippen LogP contribution in [0.4, 0.5) is 0 Å². The minimum atomic E-state index is 0.256. The lowest BCUT2D eigenvalue weighted by molar-refractivity contribution is -0.119. The Morgan fingerprint density at radius 3 is 3.00 bits per heavy atom. The molecule has 1 aromatic rings. The second-order valence-corrected chi connectivity index (χ2v) is 5.15. The van der Waals surface area contributed by atoms with Crippen molar-refractivity contribution in [2.45, 2.75) is 26.2 Å². The first-order chi connectivity index (χ1) is 8.15. The van der Waals surface area contributed by atoms with Crippen LogP contribution in [0.5, 0.6) is 0 Å². The molecule has 0 spiro atoms. The zero-order valence-electron chi connectivity index (χ0n) is 10.0. The lowest BCUT2D eigenvalue weighted by atomic mass is 9.97. The lowest BCUT2D eigenvalue weighted by Gasteiger charge is -2.08. The van der Waals surface area contributed by atoms with Crippen molar-refractivity contribution in [1.29, 1.82) is 0 Å². The van der Waals surface area contributed by atoms with Crippen LogP contribution in [0.15, 0.2) is 18.2 Å². The Balaban J connectivity index is 1.93. The van der Waals surface area contributed by atoms with Gasteiger partial charge in [-0.25, -0.2) is 0 Å². The molecule has 0 amide bonds. The quantitative estimate of drug-likeness (QED) is 0.823. The van der Waals surface area contributed by atoms with E-state index in [4.69, 9.17) is 16.3 Å². The third-order valence-electron chi connectivity index (χ3n) is 3.14. The molecule has 0 N–H and O–H groups in total. The van der Waals surface area contributed by atoms with Crippen LogP contribution in [0.1, 0.15) is 24.0 Å². The van der Waals surface area contributed by atoms with Crippen molar-refractivity contribution < 1.29 is 9.53 Å². The Hall–Kier alpha value is -0.860. The van der Waals surface area contributed by atoms with Gasteiger partial charge in [0.2, 0.25) is 0 Å². The number of hydrogen-bond acceptors (Lipinski definition) is 2. The van der Waals surface area contributed by atoms with Gasteiger partial charge in [0.15, 0.2) is 0 Å². The molecule has 1 aliphatic heterocycles. The van der Waals surface area contributed by atoms with E-state index in [-0.39, 0.29) is 5.78 Å². The number of carbonyl (C=O) groups is 1. The summed E-state index contributed by atoms with van der Waals surface area (Å²) in [5.74, 6) is 0.665. The standard InChI is InChI=1S/C14H17ClO2/c1-10-2-3-12(14(15)6-10)8-13(16)7-11-4-5-17-9-11/h2-3,6,11H,4-5,7-9H2,1H3. The minimum Gasteiger partial charge on any atom is -0.381 e. The Kier molecular flexibility index (Phi) is 4.19. The smallest absolute Gasteiger partial charge is 0.137 e. The molecule has 2 rings (SSSR count). The van der Waals surface area contributed by atoms with Gasteiger partial charge in [-0.05, 0) is 36.5 Å². The van der Waals surface area contributed by atoms with Crippen molar-refractivity contribution >= 4 is 17.4 Å². The first-order valence-corrected chi connectivity index (χ1v) is 6.37. The monoisotopic (exact) mass is 252 g/mol. The molecule has 1 unspecified atom stereocenters. The number of ketones is 1. The predicted molar refractivity (Wildman–Crippen MR) is 68.4 cm³/mol.